The summed E-state index contributed by atoms with van der Waals surface area (Å²) in [6, 6.07) is 8.03. The van der Waals surface area contributed by atoms with Crippen LogP contribution in [0.25, 0.3) is 16.6 Å². The molecule has 2 aliphatic rings. The lowest BCUT2D eigenvalue weighted by molar-refractivity contribution is -0.132. The number of aryl methyl sites for hydroxylation is 1. The van der Waals surface area contributed by atoms with Gasteiger partial charge in [-0.3, -0.25) is 4.79 Å². The van der Waals surface area contributed by atoms with E-state index in [1.165, 1.54) is 0 Å². The highest BCUT2D eigenvalue weighted by atomic mass is 16.2. The number of anilines is 1. The standard InChI is InChI=1S/C18H20N6O/c1-12-20-21-16-14-4-2-3-5-15(14)19-18(24(12)16)23-10-8-22(9-11-23)17(25)13-6-7-13/h2-5,13H,6-11H2,1H3. The topological polar surface area (TPSA) is 66.6 Å². The first kappa shape index (κ1) is 14.6. The zero-order chi connectivity index (χ0) is 17.0. The SMILES string of the molecule is Cc1nnc2c3ccccc3nc(N3CCN(C(=O)C4CC4)CC3)n12. The number of rotatable bonds is 2. The van der Waals surface area contributed by atoms with Crippen LogP contribution >= 0.6 is 0 Å². The average molecular weight is 336 g/mol. The Kier molecular flexibility index (Phi) is 3.16. The second-order valence-electron chi connectivity index (χ2n) is 6.92. The Hall–Kier alpha value is -2.70. The second-order valence-corrected chi connectivity index (χ2v) is 6.92. The summed E-state index contributed by atoms with van der Waals surface area (Å²) in [4.78, 5) is 21.4. The van der Waals surface area contributed by atoms with E-state index >= 15 is 0 Å². The van der Waals surface area contributed by atoms with Crippen molar-refractivity contribution in [3.8, 4) is 0 Å². The number of nitrogens with zero attached hydrogens (tertiary/aromatic N) is 6. The van der Waals surface area contributed by atoms with E-state index in [0.29, 0.717) is 5.91 Å². The normalized spacial score (nSPS) is 18.3. The molecule has 7 nitrogen and oxygen atoms in total. The maximum absolute atomic E-state index is 12.3. The third kappa shape index (κ3) is 2.33. The Morgan fingerprint density at radius 2 is 1.84 bits per heavy atom. The van der Waals surface area contributed by atoms with Gasteiger partial charge in [0.2, 0.25) is 11.9 Å². The summed E-state index contributed by atoms with van der Waals surface area (Å²) in [7, 11) is 0. The summed E-state index contributed by atoms with van der Waals surface area (Å²) in [5, 5.41) is 9.62. The largest absolute Gasteiger partial charge is 0.339 e. The van der Waals surface area contributed by atoms with E-state index in [0.717, 1.165) is 67.3 Å². The molecule has 7 heteroatoms. The highest BCUT2D eigenvalue weighted by Crippen LogP contribution is 2.31. The zero-order valence-electron chi connectivity index (χ0n) is 14.2. The molecule has 0 bridgehead atoms. The predicted molar refractivity (Wildman–Crippen MR) is 94.5 cm³/mol. The number of amides is 1. The summed E-state index contributed by atoms with van der Waals surface area (Å²) in [6.07, 6.45) is 2.12. The van der Waals surface area contributed by atoms with Gasteiger partial charge in [0.05, 0.1) is 5.52 Å². The van der Waals surface area contributed by atoms with Crippen LogP contribution in [0.1, 0.15) is 18.7 Å². The van der Waals surface area contributed by atoms with Crippen molar-refractivity contribution in [3.05, 3.63) is 30.1 Å². The number of carbonyl (C=O) groups is 1. The highest BCUT2D eigenvalue weighted by Gasteiger charge is 2.35. The highest BCUT2D eigenvalue weighted by molar-refractivity contribution is 5.92. The van der Waals surface area contributed by atoms with Crippen molar-refractivity contribution in [2.75, 3.05) is 31.1 Å². The molecule has 0 unspecified atom stereocenters. The molecule has 1 aromatic carbocycles. The fourth-order valence-corrected chi connectivity index (χ4v) is 3.62. The van der Waals surface area contributed by atoms with Crippen molar-refractivity contribution in [1.82, 2.24) is 24.5 Å². The van der Waals surface area contributed by atoms with Gasteiger partial charge in [-0.1, -0.05) is 12.1 Å². The first-order valence-electron chi connectivity index (χ1n) is 8.86. The van der Waals surface area contributed by atoms with Gasteiger partial charge in [0.15, 0.2) is 5.65 Å². The average Bonchev–Trinajstić information content (AvgIpc) is 3.43. The molecule has 1 saturated carbocycles. The van der Waals surface area contributed by atoms with Gasteiger partial charge in [0.1, 0.15) is 5.82 Å². The molecule has 5 rings (SSSR count). The van der Waals surface area contributed by atoms with Gasteiger partial charge in [-0.25, -0.2) is 9.38 Å². The molecule has 1 saturated heterocycles. The number of aromatic nitrogens is 4. The summed E-state index contributed by atoms with van der Waals surface area (Å²) < 4.78 is 2.03. The third-order valence-corrected chi connectivity index (χ3v) is 5.19. The van der Waals surface area contributed by atoms with Crippen LogP contribution in [0, 0.1) is 12.8 Å². The van der Waals surface area contributed by atoms with Crippen molar-refractivity contribution in [3.63, 3.8) is 0 Å². The molecule has 1 aliphatic heterocycles. The van der Waals surface area contributed by atoms with Crippen LogP contribution in [0.3, 0.4) is 0 Å². The Morgan fingerprint density at radius 1 is 1.08 bits per heavy atom. The molecule has 3 aromatic rings. The van der Waals surface area contributed by atoms with Crippen LogP contribution in [-0.4, -0.2) is 56.6 Å². The number of piperazine rings is 1. The fraction of sp³-hybridized carbons (Fsp3) is 0.444. The molecule has 0 spiro atoms. The predicted octanol–water partition coefficient (Wildman–Crippen LogP) is 1.64. The summed E-state index contributed by atoms with van der Waals surface area (Å²) in [6.45, 7) is 5.04. The maximum atomic E-state index is 12.3. The van der Waals surface area contributed by atoms with Gasteiger partial charge in [-0.2, -0.15) is 0 Å². The van der Waals surface area contributed by atoms with E-state index in [9.17, 15) is 4.79 Å². The lowest BCUT2D eigenvalue weighted by atomic mass is 10.2. The number of para-hydroxylation sites is 1. The molecule has 2 fully saturated rings. The Bertz CT molecular complexity index is 968. The van der Waals surface area contributed by atoms with Crippen molar-refractivity contribution in [1.29, 1.82) is 0 Å². The number of fused-ring (bicyclic) bond motifs is 3. The first-order chi connectivity index (χ1) is 12.2. The monoisotopic (exact) mass is 336 g/mol. The maximum Gasteiger partial charge on any atom is 0.225 e. The molecule has 3 heterocycles. The molecule has 25 heavy (non-hydrogen) atoms. The van der Waals surface area contributed by atoms with Crippen LogP contribution in [0.2, 0.25) is 0 Å². The zero-order valence-corrected chi connectivity index (χ0v) is 14.2. The van der Waals surface area contributed by atoms with E-state index in [4.69, 9.17) is 4.98 Å². The lowest BCUT2D eigenvalue weighted by Crippen LogP contribution is -2.50. The fourth-order valence-electron chi connectivity index (χ4n) is 3.62. The quantitative estimate of drug-likeness (QED) is 0.712. The number of hydrogen-bond acceptors (Lipinski definition) is 5. The van der Waals surface area contributed by atoms with Crippen molar-refractivity contribution < 1.29 is 4.79 Å². The van der Waals surface area contributed by atoms with E-state index in [1.807, 2.05) is 40.5 Å². The summed E-state index contributed by atoms with van der Waals surface area (Å²) >= 11 is 0. The van der Waals surface area contributed by atoms with Crippen LogP contribution < -0.4 is 4.90 Å². The minimum Gasteiger partial charge on any atom is -0.339 e. The van der Waals surface area contributed by atoms with Crippen LogP contribution in [0.5, 0.6) is 0 Å². The molecule has 0 atom stereocenters. The smallest absolute Gasteiger partial charge is 0.225 e. The molecule has 2 aromatic heterocycles. The first-order valence-corrected chi connectivity index (χ1v) is 8.86. The van der Waals surface area contributed by atoms with Crippen LogP contribution in [-0.2, 0) is 4.79 Å². The summed E-state index contributed by atoms with van der Waals surface area (Å²) in [5.41, 5.74) is 1.77. The van der Waals surface area contributed by atoms with Crippen molar-refractivity contribution in [2.45, 2.75) is 19.8 Å². The second kappa shape index (κ2) is 5.40. The molecular formula is C18H20N6O. The van der Waals surface area contributed by atoms with Gasteiger partial charge >= 0.3 is 0 Å². The Balaban J connectivity index is 1.51. The molecule has 0 N–H and O–H groups in total. The van der Waals surface area contributed by atoms with E-state index in [2.05, 4.69) is 15.1 Å². The van der Waals surface area contributed by atoms with E-state index in [-0.39, 0.29) is 5.92 Å². The van der Waals surface area contributed by atoms with Crippen LogP contribution in [0.4, 0.5) is 5.95 Å². The van der Waals surface area contributed by atoms with Gasteiger partial charge in [-0.15, -0.1) is 10.2 Å². The van der Waals surface area contributed by atoms with Gasteiger partial charge in [0.25, 0.3) is 0 Å². The van der Waals surface area contributed by atoms with E-state index in [1.54, 1.807) is 0 Å². The molecular weight excluding hydrogens is 316 g/mol. The Morgan fingerprint density at radius 3 is 2.60 bits per heavy atom. The number of benzene rings is 1. The molecule has 1 aliphatic carbocycles. The third-order valence-electron chi connectivity index (χ3n) is 5.19. The molecule has 1 amide bonds. The van der Waals surface area contributed by atoms with Crippen molar-refractivity contribution in [2.24, 2.45) is 5.92 Å². The van der Waals surface area contributed by atoms with Gasteiger partial charge < -0.3 is 9.80 Å². The van der Waals surface area contributed by atoms with Gasteiger partial charge in [-0.05, 0) is 31.9 Å². The van der Waals surface area contributed by atoms with Crippen LogP contribution in [0.15, 0.2) is 24.3 Å². The minimum atomic E-state index is 0.289. The molecule has 128 valence electrons. The Labute approximate surface area is 145 Å². The molecule has 0 radical (unpaired) electrons. The number of hydrogen-bond donors (Lipinski definition) is 0. The van der Waals surface area contributed by atoms with Gasteiger partial charge in [0, 0.05) is 37.5 Å². The summed E-state index contributed by atoms with van der Waals surface area (Å²) in [5.74, 6) is 2.32. The lowest BCUT2D eigenvalue weighted by Gasteiger charge is -2.35. The number of carbonyl (C=O) groups excluding carboxylic acids is 1. The van der Waals surface area contributed by atoms with Crippen molar-refractivity contribution >= 4 is 28.4 Å². The minimum absolute atomic E-state index is 0.289. The van der Waals surface area contributed by atoms with E-state index < -0.39 is 0 Å².